The summed E-state index contributed by atoms with van der Waals surface area (Å²) in [5.41, 5.74) is 3.22. The van der Waals surface area contributed by atoms with Crippen LogP contribution in [0.25, 0.3) is 0 Å². The van der Waals surface area contributed by atoms with E-state index in [2.05, 4.69) is 15.8 Å². The average Bonchev–Trinajstić information content (AvgIpc) is 2.25. The Morgan fingerprint density at radius 2 is 2.00 bits per heavy atom. The highest BCUT2D eigenvalue weighted by Gasteiger charge is 2.07. The summed E-state index contributed by atoms with van der Waals surface area (Å²) < 4.78 is 26.2. The van der Waals surface area contributed by atoms with E-state index in [9.17, 15) is 8.78 Å². The lowest BCUT2D eigenvalue weighted by atomic mass is 10.1. The molecule has 0 saturated carbocycles. The van der Waals surface area contributed by atoms with Crippen molar-refractivity contribution in [2.24, 2.45) is 5.10 Å². The number of hydrogen-bond acceptors (Lipinski definition) is 2. The SMILES string of the molecule is C/C(=N/NC(=S)NC(C)C)c1ccc(F)cc1F. The van der Waals surface area contributed by atoms with Gasteiger partial charge in [-0.25, -0.2) is 8.78 Å². The van der Waals surface area contributed by atoms with Crippen molar-refractivity contribution >= 4 is 23.0 Å². The molecular formula is C12H15F2N3S. The van der Waals surface area contributed by atoms with Crippen molar-refractivity contribution in [1.82, 2.24) is 10.7 Å². The normalized spacial score (nSPS) is 11.6. The second-order valence-electron chi connectivity index (χ2n) is 4.06. The van der Waals surface area contributed by atoms with Gasteiger partial charge in [0.2, 0.25) is 0 Å². The average molecular weight is 271 g/mol. The van der Waals surface area contributed by atoms with Gasteiger partial charge in [0.25, 0.3) is 0 Å². The fourth-order valence-electron chi connectivity index (χ4n) is 1.27. The fraction of sp³-hybridized carbons (Fsp3) is 0.333. The topological polar surface area (TPSA) is 36.4 Å². The van der Waals surface area contributed by atoms with Crippen LogP contribution in [0.5, 0.6) is 0 Å². The molecule has 0 unspecified atom stereocenters. The van der Waals surface area contributed by atoms with E-state index in [1.54, 1.807) is 6.92 Å². The summed E-state index contributed by atoms with van der Waals surface area (Å²) in [6.07, 6.45) is 0. The monoisotopic (exact) mass is 271 g/mol. The van der Waals surface area contributed by atoms with E-state index >= 15 is 0 Å². The van der Waals surface area contributed by atoms with Gasteiger partial charge in [0, 0.05) is 17.7 Å². The van der Waals surface area contributed by atoms with Crippen LogP contribution < -0.4 is 10.7 Å². The molecule has 1 aromatic rings. The summed E-state index contributed by atoms with van der Waals surface area (Å²) in [5, 5.41) is 7.22. The van der Waals surface area contributed by atoms with Gasteiger partial charge in [-0.3, -0.25) is 5.43 Å². The molecule has 0 bridgehead atoms. The van der Waals surface area contributed by atoms with E-state index in [0.29, 0.717) is 10.8 Å². The van der Waals surface area contributed by atoms with Crippen molar-refractivity contribution in [3.05, 3.63) is 35.4 Å². The summed E-state index contributed by atoms with van der Waals surface area (Å²) >= 11 is 4.97. The van der Waals surface area contributed by atoms with Gasteiger partial charge in [-0.2, -0.15) is 5.10 Å². The van der Waals surface area contributed by atoms with Crippen LogP contribution in [0, 0.1) is 11.6 Å². The van der Waals surface area contributed by atoms with Crippen molar-refractivity contribution in [3.63, 3.8) is 0 Å². The zero-order valence-corrected chi connectivity index (χ0v) is 11.2. The molecule has 0 atom stereocenters. The summed E-state index contributed by atoms with van der Waals surface area (Å²) in [7, 11) is 0. The molecule has 0 heterocycles. The van der Waals surface area contributed by atoms with Crippen LogP contribution in [0.15, 0.2) is 23.3 Å². The van der Waals surface area contributed by atoms with E-state index in [4.69, 9.17) is 12.2 Å². The fourth-order valence-corrected chi connectivity index (χ4v) is 1.55. The van der Waals surface area contributed by atoms with Gasteiger partial charge < -0.3 is 5.32 Å². The van der Waals surface area contributed by atoms with Gasteiger partial charge in [0.15, 0.2) is 5.11 Å². The van der Waals surface area contributed by atoms with Gasteiger partial charge in [-0.15, -0.1) is 0 Å². The smallest absolute Gasteiger partial charge is 0.187 e. The molecule has 0 radical (unpaired) electrons. The molecule has 0 amide bonds. The Balaban J connectivity index is 2.74. The van der Waals surface area contributed by atoms with Crippen LogP contribution >= 0.6 is 12.2 Å². The number of benzene rings is 1. The molecule has 1 aromatic carbocycles. The van der Waals surface area contributed by atoms with Crippen LogP contribution in [0.2, 0.25) is 0 Å². The van der Waals surface area contributed by atoms with Crippen molar-refractivity contribution in [2.75, 3.05) is 0 Å². The number of halogens is 2. The molecule has 1 rings (SSSR count). The largest absolute Gasteiger partial charge is 0.359 e. The van der Waals surface area contributed by atoms with E-state index in [-0.39, 0.29) is 11.6 Å². The molecule has 0 aliphatic carbocycles. The van der Waals surface area contributed by atoms with Crippen molar-refractivity contribution in [2.45, 2.75) is 26.8 Å². The summed E-state index contributed by atoms with van der Waals surface area (Å²) in [6, 6.07) is 3.52. The first kappa shape index (κ1) is 14.5. The molecule has 3 nitrogen and oxygen atoms in total. The molecule has 2 N–H and O–H groups in total. The third-order valence-electron chi connectivity index (χ3n) is 2.07. The minimum Gasteiger partial charge on any atom is -0.359 e. The maximum atomic E-state index is 13.4. The minimum atomic E-state index is -0.652. The lowest BCUT2D eigenvalue weighted by Gasteiger charge is -2.10. The molecule has 0 aromatic heterocycles. The van der Waals surface area contributed by atoms with Gasteiger partial charge >= 0.3 is 0 Å². The molecule has 0 saturated heterocycles. The Kier molecular flexibility index (Phi) is 5.15. The maximum absolute atomic E-state index is 13.4. The second kappa shape index (κ2) is 6.39. The Morgan fingerprint density at radius 3 is 2.56 bits per heavy atom. The molecule has 6 heteroatoms. The van der Waals surface area contributed by atoms with Crippen molar-refractivity contribution in [3.8, 4) is 0 Å². The lowest BCUT2D eigenvalue weighted by Crippen LogP contribution is -2.37. The molecule has 0 aliphatic rings. The van der Waals surface area contributed by atoms with Gasteiger partial charge in [0.05, 0.1) is 5.71 Å². The maximum Gasteiger partial charge on any atom is 0.187 e. The quantitative estimate of drug-likeness (QED) is 0.504. The Hall–Kier alpha value is -1.56. The van der Waals surface area contributed by atoms with E-state index in [1.807, 2.05) is 13.8 Å². The van der Waals surface area contributed by atoms with Crippen LogP contribution in [0.3, 0.4) is 0 Å². The number of hydrazone groups is 1. The number of nitrogens with one attached hydrogen (secondary N) is 2. The van der Waals surface area contributed by atoms with Gasteiger partial charge in [-0.05, 0) is 45.1 Å². The summed E-state index contributed by atoms with van der Waals surface area (Å²) in [4.78, 5) is 0. The first-order valence-electron chi connectivity index (χ1n) is 5.46. The number of rotatable bonds is 3. The minimum absolute atomic E-state index is 0.183. The van der Waals surface area contributed by atoms with E-state index in [0.717, 1.165) is 6.07 Å². The van der Waals surface area contributed by atoms with Crippen LogP contribution in [-0.2, 0) is 0 Å². The zero-order chi connectivity index (χ0) is 13.7. The molecule has 98 valence electrons. The van der Waals surface area contributed by atoms with Crippen LogP contribution in [-0.4, -0.2) is 16.9 Å². The van der Waals surface area contributed by atoms with E-state index in [1.165, 1.54) is 12.1 Å². The summed E-state index contributed by atoms with van der Waals surface area (Å²) in [5.74, 6) is -1.27. The van der Waals surface area contributed by atoms with E-state index < -0.39 is 11.6 Å². The third-order valence-corrected chi connectivity index (χ3v) is 2.27. The molecule has 18 heavy (non-hydrogen) atoms. The Morgan fingerprint density at radius 1 is 1.33 bits per heavy atom. The number of nitrogens with zero attached hydrogens (tertiary/aromatic N) is 1. The highest BCUT2D eigenvalue weighted by molar-refractivity contribution is 7.80. The standard InChI is InChI=1S/C12H15F2N3S/c1-7(2)15-12(18)17-16-8(3)10-5-4-9(13)6-11(10)14/h4-7H,1-3H3,(H2,15,17,18)/b16-8-. The highest BCUT2D eigenvalue weighted by atomic mass is 32.1. The molecule has 0 aliphatic heterocycles. The number of hydrogen-bond donors (Lipinski definition) is 2. The Labute approximate surface area is 110 Å². The van der Waals surface area contributed by atoms with Crippen molar-refractivity contribution in [1.29, 1.82) is 0 Å². The highest BCUT2D eigenvalue weighted by Crippen LogP contribution is 2.10. The lowest BCUT2D eigenvalue weighted by molar-refractivity contribution is 0.581. The molecule has 0 fully saturated rings. The Bertz CT molecular complexity index is 472. The predicted octanol–water partition coefficient (Wildman–Crippen LogP) is 2.56. The number of thiocarbonyl (C=S) groups is 1. The summed E-state index contributed by atoms with van der Waals surface area (Å²) in [6.45, 7) is 5.48. The van der Waals surface area contributed by atoms with Crippen molar-refractivity contribution < 1.29 is 8.78 Å². The second-order valence-corrected chi connectivity index (χ2v) is 4.47. The molecular weight excluding hydrogens is 256 g/mol. The van der Waals surface area contributed by atoms with Crippen LogP contribution in [0.1, 0.15) is 26.3 Å². The van der Waals surface area contributed by atoms with Gasteiger partial charge in [-0.1, -0.05) is 0 Å². The third kappa shape index (κ3) is 4.37. The predicted molar refractivity (Wildman–Crippen MR) is 72.6 cm³/mol. The zero-order valence-electron chi connectivity index (χ0n) is 10.4. The van der Waals surface area contributed by atoms with Crippen LogP contribution in [0.4, 0.5) is 8.78 Å². The molecule has 0 spiro atoms. The first-order chi connectivity index (χ1) is 8.40. The first-order valence-corrected chi connectivity index (χ1v) is 5.87. The van der Waals surface area contributed by atoms with Gasteiger partial charge in [0.1, 0.15) is 11.6 Å².